The van der Waals surface area contributed by atoms with E-state index in [1.54, 1.807) is 0 Å². The Labute approximate surface area is 70.2 Å². The minimum Gasteiger partial charge on any atom is -0.0634 e. The van der Waals surface area contributed by atoms with Crippen LogP contribution in [0.2, 0.25) is 10.1 Å². The van der Waals surface area contributed by atoms with Crippen molar-refractivity contribution in [2.45, 2.75) is 51.6 Å². The first kappa shape index (κ1) is 10.4. The van der Waals surface area contributed by atoms with E-state index < -0.39 is 0 Å². The molecule has 10 heavy (non-hydrogen) atoms. The van der Waals surface area contributed by atoms with Crippen LogP contribution in [0, 0.1) is 0 Å². The van der Waals surface area contributed by atoms with Crippen molar-refractivity contribution in [1.82, 2.24) is 0 Å². The van der Waals surface area contributed by atoms with E-state index in [0.717, 1.165) is 0 Å². The molecule has 0 aliphatic rings. The molecule has 0 fully saturated rings. The summed E-state index contributed by atoms with van der Waals surface area (Å²) < 4.78 is 0. The molecule has 0 aromatic rings. The minimum atomic E-state index is 0.284. The zero-order valence-electron chi connectivity index (χ0n) is 8.41. The Morgan fingerprint density at radius 1 is 0.600 bits per heavy atom. The van der Waals surface area contributed by atoms with Crippen molar-refractivity contribution in [3.63, 3.8) is 0 Å². The maximum Gasteiger partial charge on any atom is 0.0152 e. The van der Waals surface area contributed by atoms with E-state index in [-0.39, 0.29) is 18.1 Å². The second-order valence-electron chi connectivity index (χ2n) is 5.62. The Bertz CT molecular complexity index is 80.8. The molecule has 0 saturated carbocycles. The van der Waals surface area contributed by atoms with Gasteiger partial charge >= 0.3 is 0 Å². The van der Waals surface area contributed by atoms with Gasteiger partial charge in [0.1, 0.15) is 0 Å². The maximum absolute atomic E-state index is 2.40. The summed E-state index contributed by atoms with van der Waals surface area (Å²) in [5.74, 6) is 0. The van der Waals surface area contributed by atoms with Crippen molar-refractivity contribution in [1.29, 1.82) is 0 Å². The van der Waals surface area contributed by atoms with Gasteiger partial charge in [0.2, 0.25) is 0 Å². The molecule has 0 radical (unpaired) electrons. The molecule has 0 aromatic heterocycles. The fourth-order valence-corrected chi connectivity index (χ4v) is 6.75. The summed E-state index contributed by atoms with van der Waals surface area (Å²) in [6, 6.07) is 0. The standard InChI is InChI=1S/C8H22Si2/c1-7(2,3)9-10-8(4,5)6/h9-10H2,1-6H3. The third kappa shape index (κ3) is 8.43. The Balaban J connectivity index is 3.56. The van der Waals surface area contributed by atoms with Crippen LogP contribution >= 0.6 is 0 Å². The highest BCUT2D eigenvalue weighted by Crippen LogP contribution is 2.26. The second kappa shape index (κ2) is 3.22. The fourth-order valence-electron chi connectivity index (χ4n) is 0.750. The molecule has 0 nitrogen and oxygen atoms in total. The van der Waals surface area contributed by atoms with E-state index >= 15 is 0 Å². The monoisotopic (exact) mass is 174 g/mol. The summed E-state index contributed by atoms with van der Waals surface area (Å²) in [6.07, 6.45) is 0. The molecule has 0 unspecified atom stereocenters. The van der Waals surface area contributed by atoms with Crippen LogP contribution in [0.3, 0.4) is 0 Å². The van der Waals surface area contributed by atoms with Crippen LogP contribution in [0.25, 0.3) is 0 Å². The van der Waals surface area contributed by atoms with Gasteiger partial charge in [-0.2, -0.15) is 0 Å². The Morgan fingerprint density at radius 2 is 0.800 bits per heavy atom. The highest BCUT2D eigenvalue weighted by molar-refractivity contribution is 7.03. The zero-order chi connectivity index (χ0) is 8.41. The Morgan fingerprint density at radius 3 is 0.900 bits per heavy atom. The molecule has 0 aliphatic carbocycles. The lowest BCUT2D eigenvalue weighted by Gasteiger charge is -2.23. The SMILES string of the molecule is CC(C)(C)[SiH2][SiH2]C(C)(C)C. The van der Waals surface area contributed by atoms with Gasteiger partial charge in [-0.15, -0.1) is 0 Å². The summed E-state index contributed by atoms with van der Waals surface area (Å²) >= 11 is 0. The molecule has 62 valence electrons. The number of rotatable bonds is 1. The van der Waals surface area contributed by atoms with Crippen molar-refractivity contribution in [3.05, 3.63) is 0 Å². The van der Waals surface area contributed by atoms with Crippen LogP contribution in [0.4, 0.5) is 0 Å². The largest absolute Gasteiger partial charge is 0.0634 e. The molecule has 0 atom stereocenters. The highest BCUT2D eigenvalue weighted by atomic mass is 29.1. The van der Waals surface area contributed by atoms with Crippen molar-refractivity contribution < 1.29 is 0 Å². The maximum atomic E-state index is 2.40. The van der Waals surface area contributed by atoms with E-state index in [4.69, 9.17) is 0 Å². The third-order valence-electron chi connectivity index (χ3n) is 1.62. The van der Waals surface area contributed by atoms with Gasteiger partial charge in [-0.3, -0.25) is 0 Å². The number of hydrogen-bond acceptors (Lipinski definition) is 0. The molecule has 0 amide bonds. The van der Waals surface area contributed by atoms with E-state index in [0.29, 0.717) is 10.1 Å². The Kier molecular flexibility index (Phi) is 3.36. The van der Waals surface area contributed by atoms with Crippen LogP contribution in [0.1, 0.15) is 41.5 Å². The molecular formula is C8H22Si2. The Hall–Kier alpha value is 0.434. The molecule has 0 aromatic carbocycles. The zero-order valence-corrected chi connectivity index (χ0v) is 11.2. The van der Waals surface area contributed by atoms with Crippen LogP contribution in [-0.4, -0.2) is 18.1 Å². The predicted molar refractivity (Wildman–Crippen MR) is 56.5 cm³/mol. The molecule has 0 bridgehead atoms. The summed E-state index contributed by atoms with van der Waals surface area (Å²) in [5, 5.41) is 1.42. The average molecular weight is 174 g/mol. The van der Waals surface area contributed by atoms with E-state index in [9.17, 15) is 0 Å². The number of hydrogen-bond donors (Lipinski definition) is 0. The van der Waals surface area contributed by atoms with Crippen molar-refractivity contribution in [2.75, 3.05) is 0 Å². The molecule has 0 saturated heterocycles. The fraction of sp³-hybridized carbons (Fsp3) is 1.00. The van der Waals surface area contributed by atoms with Crippen LogP contribution < -0.4 is 0 Å². The molecule has 0 spiro atoms. The normalized spacial score (nSPS) is 16.2. The van der Waals surface area contributed by atoms with Gasteiger partial charge < -0.3 is 0 Å². The highest BCUT2D eigenvalue weighted by Gasteiger charge is 2.17. The topological polar surface area (TPSA) is 0 Å². The molecule has 0 aliphatic heterocycles. The molecule has 0 heterocycles. The van der Waals surface area contributed by atoms with Gasteiger partial charge in [0.15, 0.2) is 0 Å². The van der Waals surface area contributed by atoms with E-state index in [2.05, 4.69) is 41.5 Å². The van der Waals surface area contributed by atoms with E-state index in [1.165, 1.54) is 0 Å². The molecule has 0 rings (SSSR count). The van der Waals surface area contributed by atoms with Gasteiger partial charge in [0, 0.05) is 18.1 Å². The first-order valence-corrected chi connectivity index (χ1v) is 9.62. The molecular weight excluding hydrogens is 152 g/mol. The average Bonchev–Trinajstić information content (AvgIpc) is 1.57. The van der Waals surface area contributed by atoms with Gasteiger partial charge in [-0.05, 0) is 0 Å². The van der Waals surface area contributed by atoms with Crippen LogP contribution in [0.15, 0.2) is 0 Å². The van der Waals surface area contributed by atoms with Crippen molar-refractivity contribution in [2.24, 2.45) is 0 Å². The van der Waals surface area contributed by atoms with E-state index in [1.807, 2.05) is 0 Å². The second-order valence-corrected chi connectivity index (χ2v) is 13.9. The summed E-state index contributed by atoms with van der Waals surface area (Å²) in [7, 11) is 0.569. The first-order valence-electron chi connectivity index (χ1n) is 4.21. The van der Waals surface area contributed by atoms with Gasteiger partial charge in [-0.1, -0.05) is 51.6 Å². The molecule has 0 N–H and O–H groups in total. The lowest BCUT2D eigenvalue weighted by molar-refractivity contribution is 0.742. The lowest BCUT2D eigenvalue weighted by atomic mass is 10.2. The quantitative estimate of drug-likeness (QED) is 0.531. The van der Waals surface area contributed by atoms with Crippen molar-refractivity contribution in [3.8, 4) is 0 Å². The van der Waals surface area contributed by atoms with Crippen LogP contribution in [-0.2, 0) is 0 Å². The van der Waals surface area contributed by atoms with Gasteiger partial charge in [0.05, 0.1) is 0 Å². The van der Waals surface area contributed by atoms with Gasteiger partial charge in [0.25, 0.3) is 0 Å². The summed E-state index contributed by atoms with van der Waals surface area (Å²) in [5.41, 5.74) is 0. The van der Waals surface area contributed by atoms with Crippen molar-refractivity contribution >= 4 is 18.1 Å². The predicted octanol–water partition coefficient (Wildman–Crippen LogP) is 1.68. The van der Waals surface area contributed by atoms with Gasteiger partial charge in [-0.25, -0.2) is 0 Å². The lowest BCUT2D eigenvalue weighted by Crippen LogP contribution is -2.23. The third-order valence-corrected chi connectivity index (χ3v) is 14.6. The smallest absolute Gasteiger partial charge is 0.0152 e. The first-order chi connectivity index (χ1) is 4.21. The summed E-state index contributed by atoms with van der Waals surface area (Å²) in [4.78, 5) is 0. The van der Waals surface area contributed by atoms with Crippen LogP contribution in [0.5, 0.6) is 0 Å². The minimum absolute atomic E-state index is 0.284. The molecule has 2 heteroatoms. The summed E-state index contributed by atoms with van der Waals surface area (Å²) in [6.45, 7) is 14.4.